The van der Waals surface area contributed by atoms with E-state index < -0.39 is 24.1 Å². The average Bonchev–Trinajstić information content (AvgIpc) is 2.84. The van der Waals surface area contributed by atoms with Gasteiger partial charge in [-0.1, -0.05) is 20.8 Å². The molecule has 0 aromatic heterocycles. The van der Waals surface area contributed by atoms with E-state index >= 15 is 0 Å². The van der Waals surface area contributed by atoms with Crippen molar-refractivity contribution < 1.29 is 28.2 Å². The van der Waals surface area contributed by atoms with Crippen LogP contribution in [-0.2, 0) is 14.3 Å². The Kier molecular flexibility index (Phi) is 6.33. The molecular weight excluding hydrogens is 391 g/mol. The highest BCUT2D eigenvalue weighted by Gasteiger charge is 2.56. The van der Waals surface area contributed by atoms with Crippen molar-refractivity contribution in [1.82, 2.24) is 10.2 Å². The van der Waals surface area contributed by atoms with Crippen molar-refractivity contribution in [1.29, 1.82) is 0 Å². The number of nitrogens with one attached hydrogen (secondary N) is 1. The summed E-state index contributed by atoms with van der Waals surface area (Å²) >= 11 is 0. The van der Waals surface area contributed by atoms with Crippen LogP contribution < -0.4 is 10.1 Å². The summed E-state index contributed by atoms with van der Waals surface area (Å²) in [6.07, 6.45) is 2.55. The number of benzene rings is 1. The number of nitrogens with zero attached hydrogens (tertiary/aromatic N) is 1. The van der Waals surface area contributed by atoms with Gasteiger partial charge in [-0.3, -0.25) is 14.5 Å². The monoisotopic (exact) mass is 420 g/mol. The smallest absolute Gasteiger partial charge is 0.326 e. The van der Waals surface area contributed by atoms with Crippen LogP contribution in [0.25, 0.3) is 0 Å². The third-order valence-electron chi connectivity index (χ3n) is 5.55. The maximum atomic E-state index is 13.0. The number of ether oxygens (including phenoxy) is 2. The molecule has 1 heterocycles. The third kappa shape index (κ3) is 5.09. The van der Waals surface area contributed by atoms with Crippen LogP contribution in [0.4, 0.5) is 9.18 Å². The molecule has 1 saturated carbocycles. The lowest BCUT2D eigenvalue weighted by Gasteiger charge is -2.43. The summed E-state index contributed by atoms with van der Waals surface area (Å²) in [6.45, 7) is 6.24. The lowest BCUT2D eigenvalue weighted by atomic mass is 9.64. The van der Waals surface area contributed by atoms with E-state index in [9.17, 15) is 18.8 Å². The summed E-state index contributed by atoms with van der Waals surface area (Å²) in [5, 5.41) is 2.84. The highest BCUT2D eigenvalue weighted by molar-refractivity contribution is 6.08. The van der Waals surface area contributed by atoms with Gasteiger partial charge in [-0.25, -0.2) is 9.18 Å². The number of amides is 3. The highest BCUT2D eigenvalue weighted by atomic mass is 19.1. The number of hydrogen-bond acceptors (Lipinski definition) is 5. The van der Waals surface area contributed by atoms with Gasteiger partial charge in [0.15, 0.2) is 0 Å². The van der Waals surface area contributed by atoms with E-state index in [0.29, 0.717) is 30.9 Å². The minimum atomic E-state index is -0.929. The maximum absolute atomic E-state index is 13.0. The Labute approximate surface area is 175 Å². The second-order valence-corrected chi connectivity index (χ2v) is 9.13. The van der Waals surface area contributed by atoms with Gasteiger partial charge in [0, 0.05) is 6.42 Å². The molecule has 1 spiro atoms. The molecule has 2 atom stereocenters. The van der Waals surface area contributed by atoms with Gasteiger partial charge in [-0.15, -0.1) is 0 Å². The molecule has 3 rings (SSSR count). The molecule has 1 aliphatic carbocycles. The molecule has 30 heavy (non-hydrogen) atoms. The van der Waals surface area contributed by atoms with E-state index in [1.54, 1.807) is 0 Å². The van der Waals surface area contributed by atoms with Crippen LogP contribution in [0.15, 0.2) is 24.3 Å². The average molecular weight is 420 g/mol. The van der Waals surface area contributed by atoms with Gasteiger partial charge >= 0.3 is 12.0 Å². The summed E-state index contributed by atoms with van der Waals surface area (Å²) in [6, 6.07) is 5.09. The zero-order chi connectivity index (χ0) is 21.9. The summed E-state index contributed by atoms with van der Waals surface area (Å²) < 4.78 is 23.4. The number of rotatable bonds is 7. The Bertz CT molecular complexity index is 810. The van der Waals surface area contributed by atoms with Gasteiger partial charge in [0.2, 0.25) is 0 Å². The van der Waals surface area contributed by atoms with Crippen LogP contribution in [0.5, 0.6) is 5.75 Å². The fraction of sp³-hybridized carbons (Fsp3) is 0.591. The first kappa shape index (κ1) is 22.1. The lowest BCUT2D eigenvalue weighted by molar-refractivity contribution is -0.148. The van der Waals surface area contributed by atoms with Crippen molar-refractivity contribution in [3.05, 3.63) is 30.1 Å². The summed E-state index contributed by atoms with van der Waals surface area (Å²) in [5.74, 6) is -0.503. The van der Waals surface area contributed by atoms with Gasteiger partial charge in [0.05, 0.1) is 13.2 Å². The lowest BCUT2D eigenvalue weighted by Crippen LogP contribution is -2.54. The number of urea groups is 1. The largest absolute Gasteiger partial charge is 0.493 e. The van der Waals surface area contributed by atoms with Gasteiger partial charge in [-0.2, -0.15) is 0 Å². The number of hydrogen-bond donors (Lipinski definition) is 1. The highest BCUT2D eigenvalue weighted by Crippen LogP contribution is 2.46. The van der Waals surface area contributed by atoms with Crippen molar-refractivity contribution in [3.63, 3.8) is 0 Å². The van der Waals surface area contributed by atoms with Crippen molar-refractivity contribution in [3.8, 4) is 5.75 Å². The summed E-state index contributed by atoms with van der Waals surface area (Å²) in [5.41, 5.74) is -0.997. The zero-order valence-electron chi connectivity index (χ0n) is 17.7. The Hall–Kier alpha value is -2.64. The molecule has 2 aliphatic rings. The minimum absolute atomic E-state index is 0.0678. The summed E-state index contributed by atoms with van der Waals surface area (Å²) in [4.78, 5) is 38.5. The normalized spacial score (nSPS) is 25.3. The van der Waals surface area contributed by atoms with Gasteiger partial charge < -0.3 is 14.8 Å². The second-order valence-electron chi connectivity index (χ2n) is 9.13. The Balaban J connectivity index is 1.45. The predicted octanol–water partition coefficient (Wildman–Crippen LogP) is 3.27. The fourth-order valence-corrected chi connectivity index (χ4v) is 4.79. The van der Waals surface area contributed by atoms with Crippen molar-refractivity contribution in [2.75, 3.05) is 19.8 Å². The van der Waals surface area contributed by atoms with Gasteiger partial charge in [-0.05, 0) is 54.9 Å². The SMILES string of the molecule is CC1CC(C)(C)CC2(C1)NC(=O)N(CC(=O)OCCCOc1ccc(F)cc1)C2=O. The Morgan fingerprint density at radius 3 is 2.57 bits per heavy atom. The number of halogens is 1. The number of carbonyl (C=O) groups excluding carboxylic acids is 3. The van der Waals surface area contributed by atoms with Crippen LogP contribution in [0.3, 0.4) is 0 Å². The molecule has 1 aromatic rings. The molecule has 1 N–H and O–H groups in total. The molecule has 0 radical (unpaired) electrons. The Morgan fingerprint density at radius 1 is 1.20 bits per heavy atom. The van der Waals surface area contributed by atoms with Crippen LogP contribution >= 0.6 is 0 Å². The molecular formula is C22H29FN2O5. The summed E-state index contributed by atoms with van der Waals surface area (Å²) in [7, 11) is 0. The molecule has 1 aliphatic heterocycles. The molecule has 1 saturated heterocycles. The van der Waals surface area contributed by atoms with Crippen LogP contribution in [-0.4, -0.2) is 48.1 Å². The molecule has 0 bridgehead atoms. The number of imide groups is 1. The first-order chi connectivity index (χ1) is 14.1. The van der Waals surface area contributed by atoms with E-state index in [2.05, 4.69) is 26.1 Å². The first-order valence-electron chi connectivity index (χ1n) is 10.3. The van der Waals surface area contributed by atoms with E-state index in [0.717, 1.165) is 11.3 Å². The van der Waals surface area contributed by atoms with Crippen molar-refractivity contribution >= 4 is 17.9 Å². The molecule has 8 heteroatoms. The van der Waals surface area contributed by atoms with Crippen molar-refractivity contribution in [2.45, 2.75) is 52.0 Å². The molecule has 2 unspecified atom stereocenters. The molecule has 164 valence electrons. The topological polar surface area (TPSA) is 84.9 Å². The van der Waals surface area contributed by atoms with E-state index in [1.165, 1.54) is 24.3 Å². The number of carbonyl (C=O) groups is 3. The van der Waals surface area contributed by atoms with Crippen LogP contribution in [0.2, 0.25) is 0 Å². The molecule has 2 fully saturated rings. The predicted molar refractivity (Wildman–Crippen MR) is 107 cm³/mol. The fourth-order valence-electron chi connectivity index (χ4n) is 4.79. The van der Waals surface area contributed by atoms with Crippen LogP contribution in [0.1, 0.15) is 46.5 Å². The number of esters is 1. The van der Waals surface area contributed by atoms with E-state index in [-0.39, 0.29) is 30.4 Å². The molecule has 7 nitrogen and oxygen atoms in total. The van der Waals surface area contributed by atoms with Gasteiger partial charge in [0.25, 0.3) is 5.91 Å². The molecule has 1 aromatic carbocycles. The standard InChI is InChI=1S/C22H29FN2O5/c1-15-11-21(2,3)14-22(12-15)19(27)25(20(28)24-22)13-18(26)30-10-4-9-29-17-7-5-16(23)6-8-17/h5-8,15H,4,9-14H2,1-3H3,(H,24,28). The maximum Gasteiger partial charge on any atom is 0.326 e. The van der Waals surface area contributed by atoms with Crippen molar-refractivity contribution in [2.24, 2.45) is 11.3 Å². The zero-order valence-corrected chi connectivity index (χ0v) is 17.7. The quantitative estimate of drug-likeness (QED) is 0.416. The van der Waals surface area contributed by atoms with E-state index in [1.807, 2.05) is 0 Å². The van der Waals surface area contributed by atoms with E-state index in [4.69, 9.17) is 9.47 Å². The first-order valence-corrected chi connectivity index (χ1v) is 10.3. The van der Waals surface area contributed by atoms with Crippen LogP contribution in [0, 0.1) is 17.2 Å². The molecule has 3 amide bonds. The minimum Gasteiger partial charge on any atom is -0.493 e. The van der Waals surface area contributed by atoms with Gasteiger partial charge in [0.1, 0.15) is 23.7 Å². The third-order valence-corrected chi connectivity index (χ3v) is 5.55. The Morgan fingerprint density at radius 2 is 1.90 bits per heavy atom. The second kappa shape index (κ2) is 8.62.